The molecule has 260 valence electrons. The van der Waals surface area contributed by atoms with Crippen LogP contribution >= 0.6 is 0 Å². The summed E-state index contributed by atoms with van der Waals surface area (Å²) in [7, 11) is -5.60. The smallest absolute Gasteiger partial charge is 0.249 e. The number of aliphatic hydroxyl groups excluding tert-OH is 1. The van der Waals surface area contributed by atoms with Crippen molar-refractivity contribution in [2.75, 3.05) is 11.4 Å². The molecule has 1 amide bonds. The Balaban J connectivity index is 1.55. The Hall–Kier alpha value is -4.44. The quantitative estimate of drug-likeness (QED) is 0.0763. The molecule has 0 atom stereocenters. The lowest BCUT2D eigenvalue weighted by atomic mass is 9.84. The summed E-state index contributed by atoms with van der Waals surface area (Å²) in [5.41, 5.74) is 1.47. The minimum atomic E-state index is -5.60. The van der Waals surface area contributed by atoms with Gasteiger partial charge in [-0.05, 0) is 53.6 Å². The lowest BCUT2D eigenvalue weighted by Gasteiger charge is -2.28. The number of phenols is 1. The molecule has 3 N–H and O–H groups in total. The zero-order valence-electron chi connectivity index (χ0n) is 25.9. The van der Waals surface area contributed by atoms with Crippen LogP contribution in [0.2, 0.25) is 0 Å². The second kappa shape index (κ2) is 15.0. The van der Waals surface area contributed by atoms with Crippen molar-refractivity contribution in [3.8, 4) is 5.75 Å². The van der Waals surface area contributed by atoms with Gasteiger partial charge in [0.25, 0.3) is 0 Å². The Kier molecular flexibility index (Phi) is 11.0. The van der Waals surface area contributed by atoms with Crippen LogP contribution < -0.4 is 4.90 Å². The summed E-state index contributed by atoms with van der Waals surface area (Å²) in [6.07, 6.45) is 5.94. The Labute approximate surface area is 278 Å². The number of aliphatic hydroxyl groups is 2. The number of anilines is 1. The molecule has 1 aliphatic rings. The van der Waals surface area contributed by atoms with E-state index in [2.05, 4.69) is 4.98 Å². The third kappa shape index (κ3) is 7.75. The van der Waals surface area contributed by atoms with Crippen molar-refractivity contribution in [1.29, 1.82) is 0 Å². The predicted octanol–water partition coefficient (Wildman–Crippen LogP) is 5.94. The topological polar surface area (TPSA) is 131 Å². The van der Waals surface area contributed by atoms with Gasteiger partial charge in [-0.2, -0.15) is 4.31 Å². The average Bonchev–Trinajstić information content (AvgIpc) is 3.09. The largest absolute Gasteiger partial charge is 0.507 e. The van der Waals surface area contributed by atoms with E-state index in [0.29, 0.717) is 11.5 Å². The van der Waals surface area contributed by atoms with Crippen molar-refractivity contribution in [2.45, 2.75) is 62.3 Å². The number of carbonyl (C=O) groups excluding carboxylic acids is 1. The zero-order valence-corrected chi connectivity index (χ0v) is 26.7. The summed E-state index contributed by atoms with van der Waals surface area (Å²) in [5, 5.41) is 29.6. The Morgan fingerprint density at radius 3 is 2.04 bits per heavy atom. The zero-order chi connectivity index (χ0) is 35.5. The number of halogens is 5. The maximum Gasteiger partial charge on any atom is 0.249 e. The number of benzene rings is 3. The first-order valence-electron chi connectivity index (χ1n) is 15.3. The third-order valence-corrected chi connectivity index (χ3v) is 10.3. The Morgan fingerprint density at radius 2 is 1.47 bits per heavy atom. The van der Waals surface area contributed by atoms with Crippen LogP contribution in [-0.4, -0.2) is 45.5 Å². The van der Waals surface area contributed by atoms with E-state index in [1.807, 2.05) is 12.1 Å². The highest BCUT2D eigenvalue weighted by molar-refractivity contribution is 7.89. The molecule has 49 heavy (non-hydrogen) atoms. The summed E-state index contributed by atoms with van der Waals surface area (Å²) in [6, 6.07) is 13.6. The molecule has 1 aliphatic carbocycles. The van der Waals surface area contributed by atoms with Gasteiger partial charge in [0, 0.05) is 36.3 Å². The molecule has 1 saturated carbocycles. The van der Waals surface area contributed by atoms with E-state index in [1.54, 1.807) is 12.1 Å². The fraction of sp³-hybridized carbons (Fsp3) is 0.294. The maximum absolute atomic E-state index is 14.9. The number of sulfonamides is 1. The molecule has 1 aromatic heterocycles. The van der Waals surface area contributed by atoms with Gasteiger partial charge in [-0.1, -0.05) is 49.6 Å². The molecular formula is C34H32F5N3O6S. The second-order valence-corrected chi connectivity index (χ2v) is 13.6. The number of phenolic OH excluding ortho intramolecular Hbond substituents is 1. The summed E-state index contributed by atoms with van der Waals surface area (Å²) in [5.74, 6) is -14.0. The number of carbonyl (C=O) groups is 1. The van der Waals surface area contributed by atoms with Gasteiger partial charge in [0.2, 0.25) is 21.7 Å². The van der Waals surface area contributed by atoms with E-state index >= 15 is 0 Å². The van der Waals surface area contributed by atoms with Crippen LogP contribution in [0.15, 0.2) is 71.9 Å². The van der Waals surface area contributed by atoms with Gasteiger partial charge in [-0.25, -0.2) is 30.4 Å². The molecule has 0 saturated heterocycles. The summed E-state index contributed by atoms with van der Waals surface area (Å²) in [4.78, 5) is 16.8. The maximum atomic E-state index is 14.9. The van der Waals surface area contributed by atoms with E-state index < -0.39 is 75.0 Å². The number of hydrogen-bond donors (Lipinski definition) is 3. The second-order valence-electron chi connectivity index (χ2n) is 11.7. The van der Waals surface area contributed by atoms with E-state index in [9.17, 15) is 50.5 Å². The molecule has 0 radical (unpaired) electrons. The van der Waals surface area contributed by atoms with E-state index in [0.717, 1.165) is 48.3 Å². The molecule has 0 unspecified atom stereocenters. The van der Waals surface area contributed by atoms with E-state index in [-0.39, 0.29) is 27.7 Å². The highest BCUT2D eigenvalue weighted by Crippen LogP contribution is 2.34. The van der Waals surface area contributed by atoms with Crippen molar-refractivity contribution in [1.82, 2.24) is 9.29 Å². The normalized spacial score (nSPS) is 14.1. The standard InChI is InChI=1S/C34H32F5N3O6S/c35-28-29(36)31(38)33(32(39)30(28)37)49(47,48)41(17-21-5-4-14-40-16-21)19-27(44)42(24-12-13-25(34(45)46)26(43)15-24)18-20-8-10-23(11-9-20)22-6-2-1-3-7-22/h4-5,8-16,22,34,43,45-46H,1-3,6-7,17-19H2. The van der Waals surface area contributed by atoms with Crippen molar-refractivity contribution in [3.63, 3.8) is 0 Å². The van der Waals surface area contributed by atoms with Crippen LogP contribution in [0.25, 0.3) is 0 Å². The van der Waals surface area contributed by atoms with Crippen LogP contribution in [0.5, 0.6) is 5.75 Å². The molecule has 0 spiro atoms. The molecule has 5 rings (SSSR count). The van der Waals surface area contributed by atoms with Crippen LogP contribution in [-0.2, 0) is 27.9 Å². The van der Waals surface area contributed by atoms with Crippen molar-refractivity contribution in [2.24, 2.45) is 0 Å². The molecule has 4 aromatic rings. The Bertz CT molecular complexity index is 1900. The SMILES string of the molecule is O=C(CN(Cc1cccnc1)S(=O)(=O)c1c(F)c(F)c(F)c(F)c1F)N(Cc1ccc(C2CCCCC2)cc1)c1ccc(C(O)O)c(O)c1. The highest BCUT2D eigenvalue weighted by Gasteiger charge is 2.39. The van der Waals surface area contributed by atoms with Crippen LogP contribution in [0, 0.1) is 29.1 Å². The van der Waals surface area contributed by atoms with Gasteiger partial charge >= 0.3 is 0 Å². The molecule has 15 heteroatoms. The number of pyridine rings is 1. The Morgan fingerprint density at radius 1 is 0.837 bits per heavy atom. The van der Waals surface area contributed by atoms with Gasteiger partial charge < -0.3 is 20.2 Å². The van der Waals surface area contributed by atoms with Crippen LogP contribution in [0.1, 0.15) is 66.6 Å². The molecular weight excluding hydrogens is 673 g/mol. The number of aromatic hydroxyl groups is 1. The fourth-order valence-corrected chi connectivity index (χ4v) is 7.34. The van der Waals surface area contributed by atoms with E-state index in [1.165, 1.54) is 37.0 Å². The first-order chi connectivity index (χ1) is 23.3. The number of rotatable bonds is 11. The predicted molar refractivity (Wildman–Crippen MR) is 167 cm³/mol. The van der Waals surface area contributed by atoms with Crippen molar-refractivity contribution in [3.05, 3.63) is 118 Å². The van der Waals surface area contributed by atoms with Crippen LogP contribution in [0.4, 0.5) is 27.6 Å². The molecule has 1 fully saturated rings. The minimum absolute atomic E-state index is 0.0294. The molecule has 9 nitrogen and oxygen atoms in total. The molecule has 3 aromatic carbocycles. The van der Waals surface area contributed by atoms with Gasteiger partial charge in [-0.3, -0.25) is 9.78 Å². The summed E-state index contributed by atoms with van der Waals surface area (Å²) >= 11 is 0. The molecule has 0 aliphatic heterocycles. The first-order valence-corrected chi connectivity index (χ1v) is 16.7. The molecule has 0 bridgehead atoms. The number of hydrogen-bond acceptors (Lipinski definition) is 7. The highest BCUT2D eigenvalue weighted by atomic mass is 32.2. The number of nitrogens with zero attached hydrogens (tertiary/aromatic N) is 3. The summed E-state index contributed by atoms with van der Waals surface area (Å²) < 4.78 is 99.6. The first kappa shape index (κ1) is 35.9. The van der Waals surface area contributed by atoms with Crippen molar-refractivity contribution < 1.29 is 50.5 Å². The molecule has 1 heterocycles. The monoisotopic (exact) mass is 705 g/mol. The average molecular weight is 706 g/mol. The lowest BCUT2D eigenvalue weighted by Crippen LogP contribution is -2.43. The van der Waals surface area contributed by atoms with Crippen molar-refractivity contribution >= 4 is 21.6 Å². The minimum Gasteiger partial charge on any atom is -0.507 e. The number of amides is 1. The van der Waals surface area contributed by atoms with Gasteiger partial charge in [0.05, 0.1) is 13.1 Å². The summed E-state index contributed by atoms with van der Waals surface area (Å²) in [6.45, 7) is -2.14. The van der Waals surface area contributed by atoms with Gasteiger partial charge in [0.1, 0.15) is 5.75 Å². The van der Waals surface area contributed by atoms with Gasteiger partial charge in [0.15, 0.2) is 34.5 Å². The third-order valence-electron chi connectivity index (χ3n) is 8.46. The van der Waals surface area contributed by atoms with Crippen LogP contribution in [0.3, 0.4) is 0 Å². The van der Waals surface area contributed by atoms with Gasteiger partial charge in [-0.15, -0.1) is 0 Å². The van der Waals surface area contributed by atoms with E-state index in [4.69, 9.17) is 0 Å². The fourth-order valence-electron chi connectivity index (χ4n) is 5.85. The number of aromatic nitrogens is 1. The lowest BCUT2D eigenvalue weighted by molar-refractivity contribution is -0.119.